The van der Waals surface area contributed by atoms with Gasteiger partial charge in [0, 0.05) is 48.9 Å². The summed E-state index contributed by atoms with van der Waals surface area (Å²) >= 11 is 0. The molecule has 3 amide bonds. The van der Waals surface area contributed by atoms with Crippen molar-refractivity contribution in [3.63, 3.8) is 0 Å². The van der Waals surface area contributed by atoms with Crippen molar-refractivity contribution in [3.05, 3.63) is 85.1 Å². The van der Waals surface area contributed by atoms with Gasteiger partial charge in [-0.3, -0.25) is 9.48 Å². The highest BCUT2D eigenvalue weighted by Crippen LogP contribution is 2.17. The number of nitrogens with zero attached hydrogens (tertiary/aromatic N) is 5. The molecule has 1 aromatic carbocycles. The maximum atomic E-state index is 12.4. The van der Waals surface area contributed by atoms with Gasteiger partial charge in [0.25, 0.3) is 0 Å². The molecule has 3 heterocycles. The minimum absolute atomic E-state index is 0.207. The number of benzene rings is 1. The van der Waals surface area contributed by atoms with E-state index >= 15 is 0 Å². The van der Waals surface area contributed by atoms with Gasteiger partial charge in [0.15, 0.2) is 5.82 Å². The lowest BCUT2D eigenvalue weighted by Gasteiger charge is -2.14. The summed E-state index contributed by atoms with van der Waals surface area (Å²) in [6.07, 6.45) is 8.50. The third kappa shape index (κ3) is 5.17. The van der Waals surface area contributed by atoms with E-state index in [1.165, 1.54) is 0 Å². The number of carbonyl (C=O) groups is 2. The van der Waals surface area contributed by atoms with E-state index in [0.717, 1.165) is 5.56 Å². The van der Waals surface area contributed by atoms with Gasteiger partial charge in [0.1, 0.15) is 6.04 Å². The maximum absolute atomic E-state index is 12.4. The fourth-order valence-corrected chi connectivity index (χ4v) is 3.01. The van der Waals surface area contributed by atoms with Gasteiger partial charge >= 0.3 is 6.03 Å². The molecule has 0 bridgehead atoms. The normalized spacial score (nSPS) is 11.5. The summed E-state index contributed by atoms with van der Waals surface area (Å²) in [6.45, 7) is 2.08. The van der Waals surface area contributed by atoms with Crippen molar-refractivity contribution in [1.82, 2.24) is 29.9 Å². The molecule has 162 valence electrons. The lowest BCUT2D eigenvalue weighted by Crippen LogP contribution is -2.28. The summed E-state index contributed by atoms with van der Waals surface area (Å²) in [5.74, 6) is 0.462. The molecule has 4 aromatic rings. The van der Waals surface area contributed by atoms with Crippen LogP contribution in [0, 0.1) is 0 Å². The Morgan fingerprint density at radius 3 is 2.47 bits per heavy atom. The Kier molecular flexibility index (Phi) is 6.21. The van der Waals surface area contributed by atoms with Crippen LogP contribution in [-0.2, 0) is 11.3 Å². The molecule has 3 N–H and O–H groups in total. The second-order valence-electron chi connectivity index (χ2n) is 7.01. The molecule has 0 aliphatic heterocycles. The summed E-state index contributed by atoms with van der Waals surface area (Å²) in [6, 6.07) is 13.4. The van der Waals surface area contributed by atoms with Crippen LogP contribution in [0.25, 0.3) is 5.82 Å². The van der Waals surface area contributed by atoms with Crippen molar-refractivity contribution in [2.45, 2.75) is 19.5 Å². The number of amides is 3. The Bertz CT molecular complexity index is 1190. The Morgan fingerprint density at radius 2 is 1.72 bits per heavy atom. The molecule has 0 spiro atoms. The molecule has 0 saturated carbocycles. The van der Waals surface area contributed by atoms with Crippen LogP contribution in [0.3, 0.4) is 0 Å². The Hall–Kier alpha value is -4.47. The van der Waals surface area contributed by atoms with Gasteiger partial charge in [-0.15, -0.1) is 0 Å². The monoisotopic (exact) mass is 430 g/mol. The van der Waals surface area contributed by atoms with Gasteiger partial charge in [-0.1, -0.05) is 6.07 Å². The van der Waals surface area contributed by atoms with E-state index in [9.17, 15) is 9.59 Å². The first-order chi connectivity index (χ1) is 15.6. The Morgan fingerprint density at radius 1 is 0.938 bits per heavy atom. The molecule has 0 fully saturated rings. The molecule has 0 unspecified atom stereocenters. The molecule has 0 radical (unpaired) electrons. The number of hydrogen-bond donors (Lipinski definition) is 3. The zero-order chi connectivity index (χ0) is 22.3. The van der Waals surface area contributed by atoms with Crippen molar-refractivity contribution in [2.24, 2.45) is 0 Å². The van der Waals surface area contributed by atoms with Crippen molar-refractivity contribution >= 4 is 23.3 Å². The Labute approximate surface area is 184 Å². The van der Waals surface area contributed by atoms with E-state index in [-0.39, 0.29) is 11.9 Å². The highest BCUT2D eigenvalue weighted by molar-refractivity contribution is 5.95. The van der Waals surface area contributed by atoms with E-state index in [1.807, 2.05) is 18.2 Å². The summed E-state index contributed by atoms with van der Waals surface area (Å²) in [5.41, 5.74) is 2.01. The molecule has 4 rings (SSSR count). The van der Waals surface area contributed by atoms with Gasteiger partial charge in [0.2, 0.25) is 5.91 Å². The summed E-state index contributed by atoms with van der Waals surface area (Å²) in [7, 11) is 0. The van der Waals surface area contributed by atoms with Crippen molar-refractivity contribution in [1.29, 1.82) is 0 Å². The van der Waals surface area contributed by atoms with Crippen LogP contribution >= 0.6 is 0 Å². The molecule has 32 heavy (non-hydrogen) atoms. The van der Waals surface area contributed by atoms with Crippen LogP contribution in [0.2, 0.25) is 0 Å². The predicted octanol–water partition coefficient (Wildman–Crippen LogP) is 2.99. The number of urea groups is 1. The lowest BCUT2D eigenvalue weighted by molar-refractivity contribution is -0.119. The molecular weight excluding hydrogens is 408 g/mol. The quantitative estimate of drug-likeness (QED) is 0.416. The molecule has 1 atom stereocenters. The zero-order valence-electron chi connectivity index (χ0n) is 17.3. The molecule has 3 aromatic heterocycles. The number of anilines is 2. The molecule has 0 aliphatic carbocycles. The van der Waals surface area contributed by atoms with E-state index in [0.29, 0.717) is 23.7 Å². The molecule has 10 nitrogen and oxygen atoms in total. The predicted molar refractivity (Wildman–Crippen MR) is 119 cm³/mol. The van der Waals surface area contributed by atoms with Crippen LogP contribution in [0.1, 0.15) is 18.5 Å². The first-order valence-electron chi connectivity index (χ1n) is 9.98. The number of carbonyl (C=O) groups excluding carboxylic acids is 2. The fourth-order valence-electron chi connectivity index (χ4n) is 3.01. The van der Waals surface area contributed by atoms with Gasteiger partial charge in [-0.05, 0) is 55.0 Å². The second kappa shape index (κ2) is 9.56. The van der Waals surface area contributed by atoms with Crippen LogP contribution in [-0.4, -0.2) is 36.5 Å². The first-order valence-corrected chi connectivity index (χ1v) is 9.98. The minimum atomic E-state index is -0.461. The number of rotatable bonds is 7. The minimum Gasteiger partial charge on any atom is -0.334 e. The molecule has 0 saturated heterocycles. The highest BCUT2D eigenvalue weighted by atomic mass is 16.2. The van der Waals surface area contributed by atoms with Crippen LogP contribution < -0.4 is 16.0 Å². The number of pyridine rings is 1. The number of aromatic nitrogens is 5. The van der Waals surface area contributed by atoms with Crippen molar-refractivity contribution < 1.29 is 9.59 Å². The standard InChI is InChI=1S/C22H22N8O2/c1-16(29-11-3-8-25-29)21(31)27-18-5-2-6-19(14-18)28-22(32)24-15-17-7-10-23-20(13-17)30-12-4-9-26-30/h2-14,16H,15H2,1H3,(H,27,31)(H2,24,28,32)/t16-/m0/s1. The van der Waals surface area contributed by atoms with E-state index in [1.54, 1.807) is 77.6 Å². The summed E-state index contributed by atoms with van der Waals surface area (Å²) < 4.78 is 3.22. The molecule has 0 aliphatic rings. The molecular formula is C22H22N8O2. The largest absolute Gasteiger partial charge is 0.334 e. The van der Waals surface area contributed by atoms with Gasteiger partial charge in [-0.25, -0.2) is 14.5 Å². The average molecular weight is 430 g/mol. The first kappa shape index (κ1) is 20.8. The summed E-state index contributed by atoms with van der Waals surface area (Å²) in [5, 5.41) is 16.7. The zero-order valence-corrected chi connectivity index (χ0v) is 17.3. The van der Waals surface area contributed by atoms with E-state index in [2.05, 4.69) is 31.1 Å². The smallest absolute Gasteiger partial charge is 0.319 e. The van der Waals surface area contributed by atoms with Crippen LogP contribution in [0.4, 0.5) is 16.2 Å². The van der Waals surface area contributed by atoms with Crippen molar-refractivity contribution in [3.8, 4) is 5.82 Å². The van der Waals surface area contributed by atoms with Crippen molar-refractivity contribution in [2.75, 3.05) is 10.6 Å². The second-order valence-corrected chi connectivity index (χ2v) is 7.01. The number of hydrogen-bond acceptors (Lipinski definition) is 5. The van der Waals surface area contributed by atoms with E-state index in [4.69, 9.17) is 0 Å². The van der Waals surface area contributed by atoms with E-state index < -0.39 is 6.04 Å². The molecule has 10 heteroatoms. The Balaban J connectivity index is 1.32. The number of nitrogens with one attached hydrogen (secondary N) is 3. The fraction of sp³-hybridized carbons (Fsp3) is 0.136. The highest BCUT2D eigenvalue weighted by Gasteiger charge is 2.15. The average Bonchev–Trinajstić information content (AvgIpc) is 3.52. The third-order valence-corrected chi connectivity index (χ3v) is 4.69. The lowest BCUT2D eigenvalue weighted by atomic mass is 10.2. The van der Waals surface area contributed by atoms with Crippen LogP contribution in [0.5, 0.6) is 0 Å². The van der Waals surface area contributed by atoms with Gasteiger partial charge in [-0.2, -0.15) is 10.2 Å². The topological polar surface area (TPSA) is 119 Å². The third-order valence-electron chi connectivity index (χ3n) is 4.69. The van der Waals surface area contributed by atoms with Gasteiger partial charge in [0.05, 0.1) is 0 Å². The maximum Gasteiger partial charge on any atom is 0.319 e. The SMILES string of the molecule is C[C@@H](C(=O)Nc1cccc(NC(=O)NCc2ccnc(-n3cccn3)c2)c1)n1cccn1. The van der Waals surface area contributed by atoms with Gasteiger partial charge < -0.3 is 16.0 Å². The van der Waals surface area contributed by atoms with Crippen LogP contribution in [0.15, 0.2) is 79.5 Å². The summed E-state index contributed by atoms with van der Waals surface area (Å²) in [4.78, 5) is 29.0.